The number of alkyl halides is 3. The van der Waals surface area contributed by atoms with Gasteiger partial charge in [0.1, 0.15) is 18.2 Å². The van der Waals surface area contributed by atoms with Gasteiger partial charge in [0.2, 0.25) is 5.88 Å². The standard InChI is InChI=1S/C23H19F4N3O3/c1-13-10-15(24)4-7-18(13)29-12-30(19-8-9-21(32-3)28-14(19)2)22(31)17-6-5-16(11-20(17)29)33-23(25,26)27/h4-11H,12H2,1-3H3. The number of amides is 1. The summed E-state index contributed by atoms with van der Waals surface area (Å²) in [5, 5.41) is 0. The van der Waals surface area contributed by atoms with Gasteiger partial charge in [0.25, 0.3) is 5.91 Å². The third-order valence-corrected chi connectivity index (χ3v) is 5.23. The van der Waals surface area contributed by atoms with E-state index in [0.717, 1.165) is 12.1 Å². The Morgan fingerprint density at radius 2 is 1.67 bits per heavy atom. The minimum Gasteiger partial charge on any atom is -0.481 e. The van der Waals surface area contributed by atoms with Crippen LogP contribution in [0.5, 0.6) is 11.6 Å². The highest BCUT2D eigenvalue weighted by atomic mass is 19.4. The number of carbonyl (C=O) groups is 1. The molecule has 6 nitrogen and oxygen atoms in total. The van der Waals surface area contributed by atoms with E-state index in [1.165, 1.54) is 36.3 Å². The lowest BCUT2D eigenvalue weighted by atomic mass is 10.0. The molecule has 1 amide bonds. The summed E-state index contributed by atoms with van der Waals surface area (Å²) < 4.78 is 61.3. The molecule has 1 aliphatic heterocycles. The molecule has 10 heteroatoms. The van der Waals surface area contributed by atoms with E-state index in [1.807, 2.05) is 0 Å². The Morgan fingerprint density at radius 3 is 2.30 bits per heavy atom. The van der Waals surface area contributed by atoms with Gasteiger partial charge in [-0.25, -0.2) is 9.37 Å². The maximum absolute atomic E-state index is 13.7. The van der Waals surface area contributed by atoms with Crippen molar-refractivity contribution in [2.75, 3.05) is 23.6 Å². The lowest BCUT2D eigenvalue weighted by Crippen LogP contribution is -2.45. The smallest absolute Gasteiger partial charge is 0.481 e. The van der Waals surface area contributed by atoms with E-state index < -0.39 is 23.8 Å². The maximum Gasteiger partial charge on any atom is 0.573 e. The molecule has 0 atom stereocenters. The molecule has 0 N–H and O–H groups in total. The third kappa shape index (κ3) is 4.41. The molecule has 1 aliphatic rings. The summed E-state index contributed by atoms with van der Waals surface area (Å²) in [4.78, 5) is 20.8. The molecule has 0 radical (unpaired) electrons. The first-order valence-corrected chi connectivity index (χ1v) is 9.84. The summed E-state index contributed by atoms with van der Waals surface area (Å²) in [6.07, 6.45) is -4.89. The van der Waals surface area contributed by atoms with Gasteiger partial charge < -0.3 is 14.4 Å². The molecule has 2 aromatic carbocycles. The van der Waals surface area contributed by atoms with E-state index >= 15 is 0 Å². The average molecular weight is 461 g/mol. The van der Waals surface area contributed by atoms with Crippen molar-refractivity contribution < 1.29 is 31.8 Å². The molecular weight excluding hydrogens is 442 g/mol. The van der Waals surface area contributed by atoms with Crippen molar-refractivity contribution >= 4 is 23.0 Å². The minimum absolute atomic E-state index is 0.0391. The average Bonchev–Trinajstić information content (AvgIpc) is 2.74. The Balaban J connectivity index is 1.86. The second-order valence-electron chi connectivity index (χ2n) is 7.42. The second-order valence-corrected chi connectivity index (χ2v) is 7.42. The number of halogens is 4. The SMILES string of the molecule is COc1ccc(N2CN(c3ccc(F)cc3C)c3cc(OC(F)(F)F)ccc3C2=O)c(C)n1. The van der Waals surface area contributed by atoms with Crippen LogP contribution in [0.4, 0.5) is 34.6 Å². The first-order valence-electron chi connectivity index (χ1n) is 9.84. The van der Waals surface area contributed by atoms with Gasteiger partial charge in [-0.3, -0.25) is 9.69 Å². The molecule has 2 heterocycles. The number of hydrogen-bond donors (Lipinski definition) is 0. The fourth-order valence-corrected chi connectivity index (χ4v) is 3.78. The number of rotatable bonds is 4. The van der Waals surface area contributed by atoms with Gasteiger partial charge in [-0.1, -0.05) is 0 Å². The normalized spacial score (nSPS) is 13.7. The van der Waals surface area contributed by atoms with E-state index in [1.54, 1.807) is 30.9 Å². The van der Waals surface area contributed by atoms with Crippen LogP contribution in [0.25, 0.3) is 0 Å². The zero-order valence-corrected chi connectivity index (χ0v) is 17.9. The summed E-state index contributed by atoms with van der Waals surface area (Å²) in [5.74, 6) is -0.962. The molecule has 33 heavy (non-hydrogen) atoms. The predicted molar refractivity (Wildman–Crippen MR) is 114 cm³/mol. The second kappa shape index (κ2) is 8.27. The van der Waals surface area contributed by atoms with Crippen molar-refractivity contribution in [3.63, 3.8) is 0 Å². The van der Waals surface area contributed by atoms with Crippen LogP contribution in [0, 0.1) is 19.7 Å². The molecule has 1 aromatic heterocycles. The van der Waals surface area contributed by atoms with Crippen molar-refractivity contribution in [2.45, 2.75) is 20.2 Å². The van der Waals surface area contributed by atoms with Crippen molar-refractivity contribution in [1.82, 2.24) is 4.98 Å². The van der Waals surface area contributed by atoms with Gasteiger partial charge in [-0.05, 0) is 55.8 Å². The number of pyridine rings is 1. The Bertz CT molecular complexity index is 1230. The van der Waals surface area contributed by atoms with Crippen LogP contribution in [0.2, 0.25) is 0 Å². The summed E-state index contributed by atoms with van der Waals surface area (Å²) in [7, 11) is 1.48. The first kappa shape index (κ1) is 22.4. The highest BCUT2D eigenvalue weighted by molar-refractivity contribution is 6.13. The molecule has 0 fully saturated rings. The number of fused-ring (bicyclic) bond motifs is 1. The lowest BCUT2D eigenvalue weighted by molar-refractivity contribution is -0.274. The molecule has 3 aromatic rings. The van der Waals surface area contributed by atoms with Crippen LogP contribution in [-0.4, -0.2) is 31.0 Å². The van der Waals surface area contributed by atoms with Crippen LogP contribution in [0.15, 0.2) is 48.5 Å². The zero-order valence-electron chi connectivity index (χ0n) is 17.9. The molecule has 0 saturated heterocycles. The van der Waals surface area contributed by atoms with Gasteiger partial charge in [-0.15, -0.1) is 13.2 Å². The Kier molecular flexibility index (Phi) is 5.61. The third-order valence-electron chi connectivity index (χ3n) is 5.23. The van der Waals surface area contributed by atoms with E-state index in [0.29, 0.717) is 28.5 Å². The largest absolute Gasteiger partial charge is 0.573 e. The number of ether oxygens (including phenoxy) is 2. The highest BCUT2D eigenvalue weighted by Gasteiger charge is 2.35. The highest BCUT2D eigenvalue weighted by Crippen LogP contribution is 2.40. The summed E-state index contributed by atoms with van der Waals surface area (Å²) in [5.41, 5.74) is 2.48. The number of aromatic nitrogens is 1. The van der Waals surface area contributed by atoms with E-state index in [9.17, 15) is 22.4 Å². The summed E-state index contributed by atoms with van der Waals surface area (Å²) in [6, 6.07) is 10.9. The lowest BCUT2D eigenvalue weighted by Gasteiger charge is -2.39. The van der Waals surface area contributed by atoms with Crippen molar-refractivity contribution in [3.8, 4) is 11.6 Å². The van der Waals surface area contributed by atoms with E-state index in [4.69, 9.17) is 4.74 Å². The van der Waals surface area contributed by atoms with Crippen LogP contribution in [0.3, 0.4) is 0 Å². The molecule has 172 valence electrons. The van der Waals surface area contributed by atoms with Crippen LogP contribution < -0.4 is 19.3 Å². The summed E-state index contributed by atoms with van der Waals surface area (Å²) >= 11 is 0. The summed E-state index contributed by atoms with van der Waals surface area (Å²) in [6.45, 7) is 3.35. The number of hydrogen-bond acceptors (Lipinski definition) is 5. The number of benzene rings is 2. The zero-order chi connectivity index (χ0) is 23.9. The fraction of sp³-hybridized carbons (Fsp3) is 0.217. The number of anilines is 3. The van der Waals surface area contributed by atoms with Gasteiger partial charge >= 0.3 is 6.36 Å². The first-order chi connectivity index (χ1) is 15.6. The van der Waals surface area contributed by atoms with Crippen LogP contribution >= 0.6 is 0 Å². The fourth-order valence-electron chi connectivity index (χ4n) is 3.78. The monoisotopic (exact) mass is 461 g/mol. The van der Waals surface area contributed by atoms with Gasteiger partial charge in [0.05, 0.1) is 29.7 Å². The van der Waals surface area contributed by atoms with Crippen molar-refractivity contribution in [3.05, 3.63) is 71.2 Å². The molecule has 0 spiro atoms. The van der Waals surface area contributed by atoms with Gasteiger partial charge in [0.15, 0.2) is 0 Å². The van der Waals surface area contributed by atoms with E-state index in [2.05, 4.69) is 9.72 Å². The van der Waals surface area contributed by atoms with Gasteiger partial charge in [-0.2, -0.15) is 0 Å². The molecule has 0 saturated carbocycles. The number of methoxy groups -OCH3 is 1. The Morgan fingerprint density at radius 1 is 0.939 bits per heavy atom. The minimum atomic E-state index is -4.89. The number of carbonyl (C=O) groups excluding carboxylic acids is 1. The quantitative estimate of drug-likeness (QED) is 0.481. The number of nitrogens with zero attached hydrogens (tertiary/aromatic N) is 3. The maximum atomic E-state index is 13.7. The van der Waals surface area contributed by atoms with Crippen LogP contribution in [-0.2, 0) is 0 Å². The topological polar surface area (TPSA) is 54.9 Å². The predicted octanol–water partition coefficient (Wildman–Crippen LogP) is 5.50. The molecular formula is C23H19F4N3O3. The number of aryl methyl sites for hydroxylation is 2. The Labute approximate surface area is 187 Å². The molecule has 0 aliphatic carbocycles. The Hall–Kier alpha value is -3.82. The molecule has 0 unspecified atom stereocenters. The van der Waals surface area contributed by atoms with Gasteiger partial charge in [0, 0.05) is 17.8 Å². The van der Waals surface area contributed by atoms with Crippen molar-refractivity contribution in [2.24, 2.45) is 0 Å². The molecule has 0 bridgehead atoms. The van der Waals surface area contributed by atoms with E-state index in [-0.39, 0.29) is 17.9 Å². The van der Waals surface area contributed by atoms with Crippen molar-refractivity contribution in [1.29, 1.82) is 0 Å². The molecule has 4 rings (SSSR count). The van der Waals surface area contributed by atoms with Crippen LogP contribution in [0.1, 0.15) is 21.6 Å².